The molecule has 8 rings (SSSR count). The summed E-state index contributed by atoms with van der Waals surface area (Å²) in [5.41, 5.74) is -3.73. The van der Waals surface area contributed by atoms with Crippen LogP contribution in [-0.2, 0) is 9.59 Å². The monoisotopic (exact) mass is 781 g/mol. The fraction of sp³-hybridized carbons (Fsp3) is 0.385. The van der Waals surface area contributed by atoms with E-state index in [4.69, 9.17) is 20.4 Å². The van der Waals surface area contributed by atoms with E-state index in [2.05, 4.69) is 9.97 Å². The van der Waals surface area contributed by atoms with Crippen molar-refractivity contribution in [2.24, 2.45) is 5.92 Å². The Bertz CT molecular complexity index is 2690. The van der Waals surface area contributed by atoms with Crippen molar-refractivity contribution in [1.82, 2.24) is 25.1 Å². The topological polar surface area (TPSA) is 157 Å². The fourth-order valence-electron chi connectivity index (χ4n) is 7.36. The Kier molecular flexibility index (Phi) is 7.41. The number of halogens is 3. The minimum atomic E-state index is -3.90. The molecule has 4 aromatic rings. The van der Waals surface area contributed by atoms with Gasteiger partial charge in [-0.2, -0.15) is 0 Å². The first kappa shape index (κ1) is 28.4. The zero-order valence-corrected chi connectivity index (χ0v) is 29.8. The number of rotatable bonds is 8. The number of piperazine rings is 1. The van der Waals surface area contributed by atoms with Gasteiger partial charge in [-0.15, -0.1) is 0 Å². The molecule has 4 aliphatic heterocycles. The van der Waals surface area contributed by atoms with Crippen LogP contribution in [0, 0.1) is 23.4 Å². The SMILES string of the molecule is [2H]C1([2H])N(CC2CCN(c3ccc(-c4nc5cc(OC)cc(OC)c5c(=O)[nH]4)cc3)CC2)C([2H])([2H])C([2H])([2H])N(c2c(F)c(F)c3c(c2F)C(=O)N(C2CCC(=O)NC2=O)C3=O)C1([2H])[2H]. The predicted octanol–water partition coefficient (Wildman–Crippen LogP) is 3.46. The highest BCUT2D eigenvalue weighted by Gasteiger charge is 2.49. The third-order valence-electron chi connectivity index (χ3n) is 10.3. The molecule has 1 unspecified atom stereocenters. The zero-order valence-electron chi connectivity index (χ0n) is 37.8. The van der Waals surface area contributed by atoms with Crippen LogP contribution in [0.3, 0.4) is 0 Å². The molecule has 0 spiro atoms. The van der Waals surface area contributed by atoms with Gasteiger partial charge in [0, 0.05) is 80.9 Å². The van der Waals surface area contributed by atoms with Crippen LogP contribution in [0.2, 0.25) is 0 Å². The number of nitrogens with zero attached hydrogens (tertiary/aromatic N) is 5. The number of ether oxygens (including phenoxy) is 2. The summed E-state index contributed by atoms with van der Waals surface area (Å²) in [4.78, 5) is 73.2. The van der Waals surface area contributed by atoms with E-state index in [1.54, 1.807) is 36.4 Å². The van der Waals surface area contributed by atoms with E-state index in [-0.39, 0.29) is 35.4 Å². The van der Waals surface area contributed by atoms with Gasteiger partial charge in [-0.25, -0.2) is 18.2 Å². The molecule has 56 heavy (non-hydrogen) atoms. The fourth-order valence-corrected chi connectivity index (χ4v) is 7.36. The van der Waals surface area contributed by atoms with Crippen molar-refractivity contribution in [3.8, 4) is 22.9 Å². The molecule has 0 saturated carbocycles. The minimum Gasteiger partial charge on any atom is -0.497 e. The molecule has 1 atom stereocenters. The molecule has 5 heterocycles. The van der Waals surface area contributed by atoms with Gasteiger partial charge in [0.2, 0.25) is 11.8 Å². The summed E-state index contributed by atoms with van der Waals surface area (Å²) in [6.07, 6.45) is -0.262. The number of nitrogens with one attached hydrogen (secondary N) is 2. The van der Waals surface area contributed by atoms with Crippen LogP contribution in [0.5, 0.6) is 11.5 Å². The average molecular weight is 782 g/mol. The maximum atomic E-state index is 16.6. The van der Waals surface area contributed by atoms with Crippen LogP contribution < -0.4 is 30.1 Å². The first-order valence-corrected chi connectivity index (χ1v) is 17.5. The Morgan fingerprint density at radius 2 is 1.52 bits per heavy atom. The van der Waals surface area contributed by atoms with Gasteiger partial charge in [0.1, 0.15) is 34.4 Å². The highest BCUT2D eigenvalue weighted by Crippen LogP contribution is 2.39. The van der Waals surface area contributed by atoms with Crippen molar-refractivity contribution in [1.29, 1.82) is 0 Å². The number of benzene rings is 3. The van der Waals surface area contributed by atoms with Crippen LogP contribution in [0.15, 0.2) is 41.2 Å². The number of anilines is 2. The number of hydrogen-bond donors (Lipinski definition) is 2. The summed E-state index contributed by atoms with van der Waals surface area (Å²) in [7, 11) is 2.90. The molecule has 2 N–H and O–H groups in total. The van der Waals surface area contributed by atoms with Crippen molar-refractivity contribution in [2.75, 3.05) is 69.6 Å². The number of hydrogen-bond acceptors (Lipinski definition) is 11. The number of fused-ring (bicyclic) bond motifs is 2. The third-order valence-corrected chi connectivity index (χ3v) is 10.3. The summed E-state index contributed by atoms with van der Waals surface area (Å²) >= 11 is 0. The number of imide groups is 2. The standard InChI is InChI=1S/C39H38F3N7O7/c1-55-23-17-24-28(26(18-23)56-2)37(52)45-35(43-24)21-3-5-22(6-4-21)47-11-9-20(10-12-47)19-46-13-15-48(16-14-46)34-32(41)30-29(31(40)33(34)42)38(53)49(39(30)54)25-7-8-27(50)44-36(25)51/h3-6,17-18,20,25H,7-16,19H2,1-2H3,(H,43,45,52)(H,44,50,51)/i13D2,14D2,15D2,16D2. The van der Waals surface area contributed by atoms with Crippen LogP contribution in [0.25, 0.3) is 22.3 Å². The Morgan fingerprint density at radius 3 is 2.16 bits per heavy atom. The van der Waals surface area contributed by atoms with Crippen molar-refractivity contribution < 1.29 is 52.8 Å². The van der Waals surface area contributed by atoms with Crippen LogP contribution in [0.4, 0.5) is 24.5 Å². The first-order chi connectivity index (χ1) is 30.0. The van der Waals surface area contributed by atoms with E-state index in [0.717, 1.165) is 5.69 Å². The quantitative estimate of drug-likeness (QED) is 0.199. The Balaban J connectivity index is 1.02. The molecular weight excluding hydrogens is 735 g/mol. The third kappa shape index (κ3) is 6.38. The lowest BCUT2D eigenvalue weighted by atomic mass is 9.95. The van der Waals surface area contributed by atoms with E-state index in [0.29, 0.717) is 40.6 Å². The van der Waals surface area contributed by atoms with Gasteiger partial charge in [0.25, 0.3) is 17.4 Å². The molecule has 4 amide bonds. The van der Waals surface area contributed by atoms with Gasteiger partial charge in [-0.1, -0.05) is 0 Å². The lowest BCUT2D eigenvalue weighted by Crippen LogP contribution is -2.54. The second-order valence-corrected chi connectivity index (χ2v) is 13.5. The van der Waals surface area contributed by atoms with Crippen molar-refractivity contribution >= 4 is 45.9 Å². The summed E-state index contributed by atoms with van der Waals surface area (Å²) in [6, 6.07) is 8.51. The Labute approximate surface area is 329 Å². The summed E-state index contributed by atoms with van der Waals surface area (Å²) in [5.74, 6) is -11.7. The summed E-state index contributed by atoms with van der Waals surface area (Å²) < 4.78 is 130. The largest absolute Gasteiger partial charge is 0.497 e. The molecule has 17 heteroatoms. The lowest BCUT2D eigenvalue weighted by Gasteiger charge is -2.40. The van der Waals surface area contributed by atoms with Crippen molar-refractivity contribution in [2.45, 2.75) is 31.7 Å². The first-order valence-electron chi connectivity index (χ1n) is 21.5. The maximum Gasteiger partial charge on any atom is 0.265 e. The van der Waals surface area contributed by atoms with E-state index in [9.17, 15) is 24.0 Å². The lowest BCUT2D eigenvalue weighted by molar-refractivity contribution is -0.136. The van der Waals surface area contributed by atoms with Crippen LogP contribution in [-0.4, -0.2) is 109 Å². The van der Waals surface area contributed by atoms with E-state index in [1.807, 2.05) is 10.2 Å². The molecule has 4 aliphatic rings. The number of H-pyrrole nitrogens is 1. The van der Waals surface area contributed by atoms with Crippen LogP contribution in [0.1, 0.15) is 57.4 Å². The molecular formula is C39H38F3N7O7. The van der Waals surface area contributed by atoms with Crippen LogP contribution >= 0.6 is 0 Å². The summed E-state index contributed by atoms with van der Waals surface area (Å²) in [5, 5.41) is 2.13. The molecule has 3 fully saturated rings. The smallest absolute Gasteiger partial charge is 0.265 e. The molecule has 3 aromatic carbocycles. The normalized spacial score (nSPS) is 25.2. The average Bonchev–Trinajstić information content (AvgIpc) is 3.51. The number of aromatic nitrogens is 2. The van der Waals surface area contributed by atoms with E-state index < -0.39 is 119 Å². The molecule has 14 nitrogen and oxygen atoms in total. The van der Waals surface area contributed by atoms with Gasteiger partial charge in [0.15, 0.2) is 17.5 Å². The van der Waals surface area contributed by atoms with Crippen molar-refractivity contribution in [3.05, 3.63) is 75.3 Å². The number of carbonyl (C=O) groups is 4. The highest BCUT2D eigenvalue weighted by molar-refractivity contribution is 6.24. The van der Waals surface area contributed by atoms with Gasteiger partial charge in [-0.05, 0) is 49.4 Å². The predicted molar refractivity (Wildman–Crippen MR) is 197 cm³/mol. The molecule has 3 saturated heterocycles. The van der Waals surface area contributed by atoms with E-state index >= 15 is 13.2 Å². The summed E-state index contributed by atoms with van der Waals surface area (Å²) in [6.45, 7) is -14.9. The van der Waals surface area contributed by atoms with Crippen molar-refractivity contribution in [3.63, 3.8) is 0 Å². The number of amides is 4. The Morgan fingerprint density at radius 1 is 0.839 bits per heavy atom. The number of methoxy groups -OCH3 is 2. The number of piperidine rings is 2. The van der Waals surface area contributed by atoms with Gasteiger partial charge >= 0.3 is 0 Å². The minimum absolute atomic E-state index is 0.102. The second-order valence-electron chi connectivity index (χ2n) is 13.5. The van der Waals surface area contributed by atoms with Gasteiger partial charge in [0.05, 0.1) is 36.3 Å². The molecule has 0 bridgehead atoms. The highest BCUT2D eigenvalue weighted by atomic mass is 19.2. The Hall–Kier alpha value is -5.97. The molecule has 0 aliphatic carbocycles. The van der Waals surface area contributed by atoms with E-state index in [1.165, 1.54) is 14.2 Å². The zero-order chi connectivity index (χ0) is 46.6. The number of aromatic amines is 1. The second kappa shape index (κ2) is 14.6. The molecule has 0 radical (unpaired) electrons. The van der Waals surface area contributed by atoms with Gasteiger partial charge < -0.3 is 24.3 Å². The molecule has 292 valence electrons. The number of carbonyl (C=O) groups excluding carboxylic acids is 4. The molecule has 1 aromatic heterocycles. The maximum absolute atomic E-state index is 16.6. The van der Waals surface area contributed by atoms with Gasteiger partial charge in [-0.3, -0.25) is 39.1 Å².